The van der Waals surface area contributed by atoms with Gasteiger partial charge in [-0.25, -0.2) is 4.79 Å². The van der Waals surface area contributed by atoms with Gasteiger partial charge in [0.15, 0.2) is 0 Å². The summed E-state index contributed by atoms with van der Waals surface area (Å²) in [5.41, 5.74) is 4.16. The molecule has 1 atom stereocenters. The third-order valence-corrected chi connectivity index (χ3v) is 5.93. The van der Waals surface area contributed by atoms with Crippen LogP contribution in [0.4, 0.5) is 10.5 Å². The summed E-state index contributed by atoms with van der Waals surface area (Å²) in [6.45, 7) is 8.14. The van der Waals surface area contributed by atoms with Crippen molar-refractivity contribution in [3.63, 3.8) is 0 Å². The number of likely N-dealkylation sites (N-methyl/N-ethyl adjacent to an activating group) is 1. The van der Waals surface area contributed by atoms with E-state index in [9.17, 15) is 9.59 Å². The van der Waals surface area contributed by atoms with Crippen molar-refractivity contribution in [1.82, 2.24) is 14.8 Å². The zero-order valence-corrected chi connectivity index (χ0v) is 16.7. The first-order valence-corrected chi connectivity index (χ1v) is 9.65. The monoisotopic (exact) mass is 416 g/mol. The Hall–Kier alpha value is -2.15. The Morgan fingerprint density at radius 1 is 1.23 bits per heavy atom. The fourth-order valence-corrected chi connectivity index (χ4v) is 4.35. The number of fused-ring (bicyclic) bond motifs is 2. The Kier molecular flexibility index (Phi) is 4.14. The molecule has 2 fully saturated rings. The Labute approximate surface area is 160 Å². The minimum Gasteiger partial charge on any atom is -0.366 e. The minimum atomic E-state index is -0.397. The van der Waals surface area contributed by atoms with Gasteiger partial charge in [-0.15, -0.1) is 0 Å². The molecule has 0 N–H and O–H groups in total. The molecule has 26 heavy (non-hydrogen) atoms. The molecular weight excluding hydrogens is 396 g/mol. The first-order chi connectivity index (χ1) is 12.4. The number of urea groups is 1. The van der Waals surface area contributed by atoms with Gasteiger partial charge in [-0.1, -0.05) is 15.9 Å². The van der Waals surface area contributed by atoms with Crippen LogP contribution in [0.25, 0.3) is 10.9 Å². The molecule has 1 aromatic carbocycles. The molecule has 1 unspecified atom stereocenters. The van der Waals surface area contributed by atoms with Gasteiger partial charge < -0.3 is 9.80 Å². The SMILES string of the molecule is CCN1C(=O)C2CN(c3c(C)c(C)nc4ccc(Br)cc34)CCN2C1=O. The van der Waals surface area contributed by atoms with E-state index in [-0.39, 0.29) is 11.9 Å². The van der Waals surface area contributed by atoms with E-state index in [4.69, 9.17) is 4.98 Å². The first kappa shape index (κ1) is 17.3. The highest BCUT2D eigenvalue weighted by Gasteiger charge is 2.47. The predicted octanol–water partition coefficient (Wildman–Crippen LogP) is 3.09. The number of piperazine rings is 1. The molecule has 2 aliphatic heterocycles. The number of benzene rings is 1. The van der Waals surface area contributed by atoms with Crippen LogP contribution >= 0.6 is 15.9 Å². The summed E-state index contributed by atoms with van der Waals surface area (Å²) in [7, 11) is 0. The first-order valence-electron chi connectivity index (χ1n) is 8.85. The highest BCUT2D eigenvalue weighted by atomic mass is 79.9. The molecule has 3 amide bonds. The molecule has 0 spiro atoms. The average molecular weight is 417 g/mol. The normalized spacial score (nSPS) is 20.3. The number of carbonyl (C=O) groups is 2. The molecule has 6 nitrogen and oxygen atoms in total. The molecular formula is C19H21BrN4O2. The molecule has 4 rings (SSSR count). The maximum atomic E-state index is 12.6. The number of aromatic nitrogens is 1. The highest BCUT2D eigenvalue weighted by molar-refractivity contribution is 9.10. The van der Waals surface area contributed by atoms with E-state index >= 15 is 0 Å². The lowest BCUT2D eigenvalue weighted by atomic mass is 10.0. The summed E-state index contributed by atoms with van der Waals surface area (Å²) < 4.78 is 0.999. The quantitative estimate of drug-likeness (QED) is 0.705. The second-order valence-electron chi connectivity index (χ2n) is 6.85. The molecule has 2 aliphatic rings. The zero-order chi connectivity index (χ0) is 18.6. The summed E-state index contributed by atoms with van der Waals surface area (Å²) in [5, 5.41) is 1.07. The van der Waals surface area contributed by atoms with E-state index in [1.807, 2.05) is 26.0 Å². The number of anilines is 1. The maximum Gasteiger partial charge on any atom is 0.327 e. The van der Waals surface area contributed by atoms with Crippen molar-refractivity contribution >= 4 is 44.5 Å². The Balaban J connectivity index is 1.78. The summed E-state index contributed by atoms with van der Waals surface area (Å²) in [6.07, 6.45) is 0. The van der Waals surface area contributed by atoms with Crippen molar-refractivity contribution in [2.75, 3.05) is 31.1 Å². The van der Waals surface area contributed by atoms with Crippen LogP contribution in [0.15, 0.2) is 22.7 Å². The lowest BCUT2D eigenvalue weighted by Gasteiger charge is -2.38. The maximum absolute atomic E-state index is 12.6. The molecule has 136 valence electrons. The number of imide groups is 1. The fraction of sp³-hybridized carbons (Fsp3) is 0.421. The number of carbonyl (C=O) groups excluding carboxylic acids is 2. The molecule has 1 aromatic heterocycles. The number of pyridine rings is 1. The highest BCUT2D eigenvalue weighted by Crippen LogP contribution is 2.35. The van der Waals surface area contributed by atoms with E-state index in [1.54, 1.807) is 4.90 Å². The zero-order valence-electron chi connectivity index (χ0n) is 15.1. The summed E-state index contributed by atoms with van der Waals surface area (Å²) in [4.78, 5) is 35.1. The van der Waals surface area contributed by atoms with Crippen LogP contribution in [0, 0.1) is 13.8 Å². The Morgan fingerprint density at radius 2 is 2.00 bits per heavy atom. The van der Waals surface area contributed by atoms with Crippen LogP contribution in [-0.4, -0.2) is 58.9 Å². The van der Waals surface area contributed by atoms with E-state index in [1.165, 1.54) is 4.90 Å². The smallest absolute Gasteiger partial charge is 0.327 e. The lowest BCUT2D eigenvalue weighted by molar-refractivity contribution is -0.128. The molecule has 0 bridgehead atoms. The topological polar surface area (TPSA) is 56.8 Å². The largest absolute Gasteiger partial charge is 0.366 e. The number of nitrogens with zero attached hydrogens (tertiary/aromatic N) is 4. The van der Waals surface area contributed by atoms with Crippen LogP contribution in [-0.2, 0) is 4.79 Å². The van der Waals surface area contributed by atoms with E-state index in [0.717, 1.165) is 32.3 Å². The van der Waals surface area contributed by atoms with E-state index in [0.29, 0.717) is 26.2 Å². The van der Waals surface area contributed by atoms with Gasteiger partial charge in [-0.3, -0.25) is 14.7 Å². The van der Waals surface area contributed by atoms with E-state index < -0.39 is 6.04 Å². The van der Waals surface area contributed by atoms with Gasteiger partial charge in [0, 0.05) is 41.7 Å². The van der Waals surface area contributed by atoms with Gasteiger partial charge in [0.1, 0.15) is 6.04 Å². The van der Waals surface area contributed by atoms with Crippen molar-refractivity contribution in [2.24, 2.45) is 0 Å². The van der Waals surface area contributed by atoms with Gasteiger partial charge in [0.25, 0.3) is 5.91 Å². The third-order valence-electron chi connectivity index (χ3n) is 5.44. The van der Waals surface area contributed by atoms with Crippen LogP contribution in [0.1, 0.15) is 18.2 Å². The second kappa shape index (κ2) is 6.23. The van der Waals surface area contributed by atoms with Crippen molar-refractivity contribution in [3.05, 3.63) is 33.9 Å². The van der Waals surface area contributed by atoms with Crippen LogP contribution in [0.5, 0.6) is 0 Å². The van der Waals surface area contributed by atoms with Gasteiger partial charge >= 0.3 is 6.03 Å². The Morgan fingerprint density at radius 3 is 2.73 bits per heavy atom. The number of hydrogen-bond acceptors (Lipinski definition) is 4. The molecule has 0 saturated carbocycles. The standard InChI is InChI=1S/C19H21BrN4O2/c1-4-23-18(25)16-10-22(7-8-24(16)19(23)26)17-11(2)12(3)21-15-6-5-13(20)9-14(15)17/h5-6,9,16H,4,7-8,10H2,1-3H3. The second-order valence-corrected chi connectivity index (χ2v) is 7.77. The molecule has 3 heterocycles. The van der Waals surface area contributed by atoms with Gasteiger partial charge in [0.2, 0.25) is 0 Å². The number of halogens is 1. The molecule has 7 heteroatoms. The van der Waals surface area contributed by atoms with Crippen molar-refractivity contribution < 1.29 is 9.59 Å². The molecule has 0 aliphatic carbocycles. The van der Waals surface area contributed by atoms with Crippen LogP contribution in [0.2, 0.25) is 0 Å². The number of hydrogen-bond donors (Lipinski definition) is 0. The summed E-state index contributed by atoms with van der Waals surface area (Å²) in [6, 6.07) is 5.53. The fourth-order valence-electron chi connectivity index (χ4n) is 3.99. The lowest BCUT2D eigenvalue weighted by Crippen LogP contribution is -2.53. The molecule has 2 saturated heterocycles. The van der Waals surface area contributed by atoms with Crippen LogP contribution in [0.3, 0.4) is 0 Å². The molecule has 2 aromatic rings. The molecule has 0 radical (unpaired) electrons. The minimum absolute atomic E-state index is 0.0869. The third kappa shape index (κ3) is 2.48. The number of rotatable bonds is 2. The van der Waals surface area contributed by atoms with Crippen molar-refractivity contribution in [3.8, 4) is 0 Å². The van der Waals surface area contributed by atoms with Gasteiger partial charge in [-0.2, -0.15) is 0 Å². The number of aryl methyl sites for hydroxylation is 1. The van der Waals surface area contributed by atoms with Crippen molar-refractivity contribution in [1.29, 1.82) is 0 Å². The Bertz CT molecular complexity index is 929. The number of amides is 3. The van der Waals surface area contributed by atoms with Gasteiger partial charge in [-0.05, 0) is 44.5 Å². The van der Waals surface area contributed by atoms with Crippen molar-refractivity contribution in [2.45, 2.75) is 26.8 Å². The van der Waals surface area contributed by atoms with Gasteiger partial charge in [0.05, 0.1) is 11.2 Å². The average Bonchev–Trinajstić information content (AvgIpc) is 2.86. The van der Waals surface area contributed by atoms with E-state index in [2.05, 4.69) is 33.8 Å². The van der Waals surface area contributed by atoms with Crippen LogP contribution < -0.4 is 4.90 Å². The summed E-state index contributed by atoms with van der Waals surface area (Å²) in [5.74, 6) is -0.0869. The predicted molar refractivity (Wildman–Crippen MR) is 104 cm³/mol. The summed E-state index contributed by atoms with van der Waals surface area (Å²) >= 11 is 3.55.